The molecule has 0 N–H and O–H groups in total. The van der Waals surface area contributed by atoms with E-state index in [1.54, 1.807) is 0 Å². The van der Waals surface area contributed by atoms with Crippen molar-refractivity contribution in [2.45, 2.75) is 58.3 Å². The first-order valence-electron chi connectivity index (χ1n) is 5.00. The van der Waals surface area contributed by atoms with E-state index in [2.05, 4.69) is 45.4 Å². The smallest absolute Gasteiger partial charge is 0.216 e. The van der Waals surface area contributed by atoms with E-state index in [4.69, 9.17) is 0 Å². The van der Waals surface area contributed by atoms with Gasteiger partial charge in [-0.05, 0) is 12.0 Å². The van der Waals surface area contributed by atoms with Crippen LogP contribution in [0.4, 0.5) is 0 Å². The zero-order valence-corrected chi connectivity index (χ0v) is 10.6. The number of carbonyl (C=O) groups is 1. The monoisotopic (exact) mass is 199 g/mol. The molecular formula is C10H21NOSi. The molecular weight excluding hydrogens is 178 g/mol. The van der Waals surface area contributed by atoms with Crippen molar-refractivity contribution in [3.8, 4) is 0 Å². The highest BCUT2D eigenvalue weighted by molar-refractivity contribution is 6.79. The van der Waals surface area contributed by atoms with Gasteiger partial charge in [0, 0.05) is 12.5 Å². The first-order valence-corrected chi connectivity index (χ1v) is 7.95. The van der Waals surface area contributed by atoms with Gasteiger partial charge in [-0.15, -0.1) is 0 Å². The predicted octanol–water partition coefficient (Wildman–Crippen LogP) is 2.61. The third-order valence-electron chi connectivity index (χ3n) is 3.62. The standard InChI is InChI=1S/C10H21NOSi/c1-8-7-9(12)11(8)13(5,6)10(2,3)4/h8H,7H2,1-6H3/t8-/m0/s1. The number of nitrogens with zero attached hydrogens (tertiary/aromatic N) is 1. The van der Waals surface area contributed by atoms with Gasteiger partial charge in [0.15, 0.2) is 8.24 Å². The Hall–Kier alpha value is -0.313. The van der Waals surface area contributed by atoms with Crippen LogP contribution in [-0.2, 0) is 4.79 Å². The van der Waals surface area contributed by atoms with Gasteiger partial charge in [-0.2, -0.15) is 0 Å². The molecule has 0 aromatic heterocycles. The molecule has 0 aromatic rings. The van der Waals surface area contributed by atoms with Gasteiger partial charge in [0.25, 0.3) is 0 Å². The molecule has 1 fully saturated rings. The second kappa shape index (κ2) is 2.84. The molecule has 0 aromatic carbocycles. The van der Waals surface area contributed by atoms with Crippen molar-refractivity contribution in [2.75, 3.05) is 0 Å². The lowest BCUT2D eigenvalue weighted by Gasteiger charge is -2.54. The van der Waals surface area contributed by atoms with Crippen molar-refractivity contribution in [3.63, 3.8) is 0 Å². The zero-order chi connectivity index (χ0) is 10.4. The highest BCUT2D eigenvalue weighted by atomic mass is 28.3. The molecule has 0 bridgehead atoms. The number of hydrogen-bond donors (Lipinski definition) is 0. The molecule has 1 amide bonds. The summed E-state index contributed by atoms with van der Waals surface area (Å²) in [6.07, 6.45) is 0.756. The van der Waals surface area contributed by atoms with Gasteiger partial charge >= 0.3 is 0 Å². The highest BCUT2D eigenvalue weighted by Gasteiger charge is 2.49. The first-order chi connectivity index (χ1) is 5.68. The van der Waals surface area contributed by atoms with E-state index in [9.17, 15) is 4.79 Å². The molecule has 1 aliphatic heterocycles. The Balaban J connectivity index is 2.87. The normalized spacial score (nSPS) is 24.6. The summed E-state index contributed by atoms with van der Waals surface area (Å²) in [5.41, 5.74) is 0. The van der Waals surface area contributed by atoms with E-state index in [0.29, 0.717) is 11.9 Å². The summed E-state index contributed by atoms with van der Waals surface area (Å²) in [5, 5.41) is 0.275. The van der Waals surface area contributed by atoms with Crippen molar-refractivity contribution < 1.29 is 4.79 Å². The Bertz CT molecular complexity index is 230. The number of amides is 1. The fourth-order valence-electron chi connectivity index (χ4n) is 1.80. The highest BCUT2D eigenvalue weighted by Crippen LogP contribution is 2.42. The molecule has 0 saturated carbocycles. The van der Waals surface area contributed by atoms with Crippen LogP contribution in [0.5, 0.6) is 0 Å². The minimum atomic E-state index is -1.56. The van der Waals surface area contributed by atoms with Gasteiger partial charge in [0.1, 0.15) is 0 Å². The lowest BCUT2D eigenvalue weighted by atomic mass is 10.1. The van der Waals surface area contributed by atoms with Gasteiger partial charge in [-0.25, -0.2) is 0 Å². The summed E-state index contributed by atoms with van der Waals surface area (Å²) in [4.78, 5) is 11.5. The van der Waals surface area contributed by atoms with Crippen molar-refractivity contribution >= 4 is 14.1 Å². The van der Waals surface area contributed by atoms with Crippen LogP contribution in [0.2, 0.25) is 18.1 Å². The van der Waals surface area contributed by atoms with Gasteiger partial charge in [0.2, 0.25) is 5.91 Å². The quantitative estimate of drug-likeness (QED) is 0.469. The average molecular weight is 199 g/mol. The van der Waals surface area contributed by atoms with Crippen molar-refractivity contribution in [1.29, 1.82) is 0 Å². The second-order valence-corrected chi connectivity index (χ2v) is 10.7. The van der Waals surface area contributed by atoms with E-state index >= 15 is 0 Å². The van der Waals surface area contributed by atoms with Crippen LogP contribution in [0.25, 0.3) is 0 Å². The van der Waals surface area contributed by atoms with E-state index in [-0.39, 0.29) is 5.04 Å². The summed E-state index contributed by atoms with van der Waals surface area (Å²) in [6.45, 7) is 13.5. The van der Waals surface area contributed by atoms with Crippen LogP contribution in [0.1, 0.15) is 34.1 Å². The van der Waals surface area contributed by atoms with Crippen molar-refractivity contribution in [3.05, 3.63) is 0 Å². The van der Waals surface area contributed by atoms with Gasteiger partial charge in [0.05, 0.1) is 0 Å². The molecule has 76 valence electrons. The topological polar surface area (TPSA) is 20.3 Å². The van der Waals surface area contributed by atoms with Crippen LogP contribution < -0.4 is 0 Å². The largest absolute Gasteiger partial charge is 0.366 e. The predicted molar refractivity (Wildman–Crippen MR) is 58.1 cm³/mol. The van der Waals surface area contributed by atoms with Crippen LogP contribution >= 0.6 is 0 Å². The SMILES string of the molecule is C[C@H]1CC(=O)N1[Si](C)(C)C(C)(C)C. The summed E-state index contributed by atoms with van der Waals surface area (Å²) in [5.74, 6) is 0.360. The molecule has 3 heteroatoms. The third-order valence-corrected chi connectivity index (χ3v) is 9.18. The molecule has 13 heavy (non-hydrogen) atoms. The van der Waals surface area contributed by atoms with E-state index < -0.39 is 8.24 Å². The lowest BCUT2D eigenvalue weighted by Crippen LogP contribution is -2.67. The summed E-state index contributed by atoms with van der Waals surface area (Å²) < 4.78 is 2.16. The van der Waals surface area contributed by atoms with Crippen LogP contribution in [-0.4, -0.2) is 24.7 Å². The lowest BCUT2D eigenvalue weighted by molar-refractivity contribution is -0.138. The van der Waals surface area contributed by atoms with Crippen LogP contribution in [0.15, 0.2) is 0 Å². The van der Waals surface area contributed by atoms with Crippen LogP contribution in [0.3, 0.4) is 0 Å². The molecule has 1 atom stereocenters. The first kappa shape index (κ1) is 10.8. The van der Waals surface area contributed by atoms with Crippen molar-refractivity contribution in [2.24, 2.45) is 0 Å². The Morgan fingerprint density at radius 1 is 1.38 bits per heavy atom. The summed E-state index contributed by atoms with van der Waals surface area (Å²) >= 11 is 0. The molecule has 2 nitrogen and oxygen atoms in total. The molecule has 0 aliphatic carbocycles. The van der Waals surface area contributed by atoms with Crippen LogP contribution in [0, 0.1) is 0 Å². The Morgan fingerprint density at radius 3 is 2.00 bits per heavy atom. The van der Waals surface area contributed by atoms with E-state index in [1.807, 2.05) is 0 Å². The van der Waals surface area contributed by atoms with E-state index in [0.717, 1.165) is 6.42 Å². The zero-order valence-electron chi connectivity index (χ0n) is 9.64. The average Bonchev–Trinajstić information content (AvgIpc) is 1.82. The number of rotatable bonds is 1. The van der Waals surface area contributed by atoms with E-state index in [1.165, 1.54) is 0 Å². The van der Waals surface area contributed by atoms with Gasteiger partial charge in [-0.3, -0.25) is 4.79 Å². The van der Waals surface area contributed by atoms with Gasteiger partial charge in [-0.1, -0.05) is 33.9 Å². The minimum Gasteiger partial charge on any atom is -0.366 e. The van der Waals surface area contributed by atoms with Crippen molar-refractivity contribution in [1.82, 2.24) is 4.57 Å². The molecule has 1 aliphatic rings. The number of carbonyl (C=O) groups excluding carboxylic acids is 1. The maximum atomic E-state index is 11.5. The Labute approximate surface area is 82.4 Å². The Morgan fingerprint density at radius 2 is 1.85 bits per heavy atom. The molecule has 1 heterocycles. The molecule has 0 unspecified atom stereocenters. The second-order valence-electron chi connectivity index (χ2n) is 5.63. The Kier molecular flexibility index (Phi) is 2.35. The van der Waals surface area contributed by atoms with Gasteiger partial charge < -0.3 is 4.57 Å². The number of hydrogen-bond acceptors (Lipinski definition) is 1. The molecule has 1 saturated heterocycles. The maximum Gasteiger partial charge on any atom is 0.216 e. The summed E-state index contributed by atoms with van der Waals surface area (Å²) in [7, 11) is -1.56. The number of β-lactam (4-membered cyclic amide) rings is 1. The molecule has 0 radical (unpaired) electrons. The third kappa shape index (κ3) is 1.54. The molecule has 1 rings (SSSR count). The maximum absolute atomic E-state index is 11.5. The molecule has 0 spiro atoms. The fourth-order valence-corrected chi connectivity index (χ4v) is 4.43. The fraction of sp³-hybridized carbons (Fsp3) is 0.900. The summed E-state index contributed by atoms with van der Waals surface area (Å²) in [6, 6.07) is 0.480. The minimum absolute atomic E-state index is 0.275.